The summed E-state index contributed by atoms with van der Waals surface area (Å²) in [4.78, 5) is 14.1. The Morgan fingerprint density at radius 2 is 1.76 bits per heavy atom. The standard InChI is InChI=1S/C17H18ClNO2/c1-13(14-8-10-15(18)11-9-14)19(17(20)12-21-2)16-6-4-3-5-7-16/h3-11,13H,12H2,1-2H3/t13-/m1/s1. The molecule has 2 rings (SSSR count). The fourth-order valence-corrected chi connectivity index (χ4v) is 2.38. The van der Waals surface area contributed by atoms with Crippen LogP contribution in [0.3, 0.4) is 0 Å². The maximum atomic E-state index is 12.4. The van der Waals surface area contributed by atoms with Crippen molar-refractivity contribution in [2.24, 2.45) is 0 Å². The lowest BCUT2D eigenvalue weighted by molar-refractivity contribution is -0.122. The van der Waals surface area contributed by atoms with Crippen LogP contribution in [0.25, 0.3) is 0 Å². The summed E-state index contributed by atoms with van der Waals surface area (Å²) in [6, 6.07) is 17.0. The van der Waals surface area contributed by atoms with Crippen molar-refractivity contribution in [2.75, 3.05) is 18.6 Å². The molecule has 2 aromatic rings. The average Bonchev–Trinajstić information content (AvgIpc) is 2.49. The largest absolute Gasteiger partial charge is 0.375 e. The number of rotatable bonds is 5. The van der Waals surface area contributed by atoms with Crippen molar-refractivity contribution in [3.8, 4) is 0 Å². The molecule has 4 heteroatoms. The molecule has 0 unspecified atom stereocenters. The third kappa shape index (κ3) is 3.84. The van der Waals surface area contributed by atoms with E-state index in [0.29, 0.717) is 5.02 Å². The first-order valence-corrected chi connectivity index (χ1v) is 7.13. The Kier molecular flexibility index (Phi) is 5.37. The van der Waals surface area contributed by atoms with E-state index in [2.05, 4.69) is 0 Å². The van der Waals surface area contributed by atoms with E-state index in [0.717, 1.165) is 11.3 Å². The van der Waals surface area contributed by atoms with Crippen molar-refractivity contribution in [3.05, 3.63) is 65.2 Å². The Morgan fingerprint density at radius 3 is 2.33 bits per heavy atom. The van der Waals surface area contributed by atoms with Crippen molar-refractivity contribution < 1.29 is 9.53 Å². The fraction of sp³-hybridized carbons (Fsp3) is 0.235. The second-order valence-corrected chi connectivity index (χ2v) is 5.20. The number of amides is 1. The van der Waals surface area contributed by atoms with Crippen molar-refractivity contribution in [2.45, 2.75) is 13.0 Å². The van der Waals surface area contributed by atoms with Gasteiger partial charge in [-0.05, 0) is 36.8 Å². The summed E-state index contributed by atoms with van der Waals surface area (Å²) in [5, 5.41) is 0.681. The van der Waals surface area contributed by atoms with E-state index in [1.807, 2.05) is 61.5 Å². The molecule has 1 atom stereocenters. The summed E-state index contributed by atoms with van der Waals surface area (Å²) in [6.45, 7) is 2.04. The molecule has 0 aliphatic heterocycles. The molecule has 0 N–H and O–H groups in total. The van der Waals surface area contributed by atoms with Gasteiger partial charge in [0.1, 0.15) is 6.61 Å². The van der Waals surface area contributed by atoms with E-state index in [4.69, 9.17) is 16.3 Å². The van der Waals surface area contributed by atoms with Gasteiger partial charge in [0.15, 0.2) is 0 Å². The molecule has 0 aliphatic rings. The average molecular weight is 304 g/mol. The van der Waals surface area contributed by atoms with Crippen molar-refractivity contribution in [1.82, 2.24) is 0 Å². The van der Waals surface area contributed by atoms with Crippen molar-refractivity contribution in [1.29, 1.82) is 0 Å². The van der Waals surface area contributed by atoms with E-state index < -0.39 is 0 Å². The SMILES string of the molecule is COCC(=O)N(c1ccccc1)[C@H](C)c1ccc(Cl)cc1. The van der Waals surface area contributed by atoms with Gasteiger partial charge in [-0.25, -0.2) is 0 Å². The minimum atomic E-state index is -0.104. The smallest absolute Gasteiger partial charge is 0.253 e. The van der Waals surface area contributed by atoms with E-state index in [9.17, 15) is 4.79 Å². The van der Waals surface area contributed by atoms with Gasteiger partial charge >= 0.3 is 0 Å². The van der Waals surface area contributed by atoms with Gasteiger partial charge in [0, 0.05) is 17.8 Å². The number of hydrogen-bond acceptors (Lipinski definition) is 2. The van der Waals surface area contributed by atoms with Gasteiger partial charge in [-0.2, -0.15) is 0 Å². The third-order valence-electron chi connectivity index (χ3n) is 3.31. The van der Waals surface area contributed by atoms with Crippen LogP contribution in [-0.4, -0.2) is 19.6 Å². The van der Waals surface area contributed by atoms with Gasteiger partial charge in [0.25, 0.3) is 5.91 Å². The minimum absolute atomic E-state index is 0.0484. The highest BCUT2D eigenvalue weighted by atomic mass is 35.5. The first-order valence-electron chi connectivity index (χ1n) is 6.75. The summed E-state index contributed by atoms with van der Waals surface area (Å²) in [5.74, 6) is -0.0776. The number of halogens is 1. The van der Waals surface area contributed by atoms with Gasteiger partial charge in [-0.15, -0.1) is 0 Å². The number of nitrogens with zero attached hydrogens (tertiary/aromatic N) is 1. The fourth-order valence-electron chi connectivity index (χ4n) is 2.26. The molecule has 0 saturated carbocycles. The molecule has 0 spiro atoms. The lowest BCUT2D eigenvalue weighted by atomic mass is 10.1. The zero-order chi connectivity index (χ0) is 15.2. The molecule has 2 aromatic carbocycles. The Hall–Kier alpha value is -1.84. The third-order valence-corrected chi connectivity index (χ3v) is 3.56. The zero-order valence-electron chi connectivity index (χ0n) is 12.1. The van der Waals surface area contributed by atoms with Crippen LogP contribution in [0.2, 0.25) is 5.02 Å². The molecule has 3 nitrogen and oxygen atoms in total. The second-order valence-electron chi connectivity index (χ2n) is 4.76. The van der Waals surface area contributed by atoms with Crippen molar-refractivity contribution >= 4 is 23.2 Å². The number of ether oxygens (including phenoxy) is 1. The number of anilines is 1. The number of carbonyl (C=O) groups is 1. The number of para-hydroxylation sites is 1. The maximum absolute atomic E-state index is 12.4. The Balaban J connectivity index is 2.35. The van der Waals surface area contributed by atoms with Crippen LogP contribution in [0.1, 0.15) is 18.5 Å². The maximum Gasteiger partial charge on any atom is 0.253 e. The predicted octanol–water partition coefficient (Wildman–Crippen LogP) is 4.08. The highest BCUT2D eigenvalue weighted by molar-refractivity contribution is 6.30. The van der Waals surface area contributed by atoms with Gasteiger partial charge in [-0.3, -0.25) is 4.79 Å². The van der Waals surface area contributed by atoms with E-state index >= 15 is 0 Å². The molecule has 0 aliphatic carbocycles. The number of hydrogen-bond donors (Lipinski definition) is 0. The van der Waals surface area contributed by atoms with Crippen LogP contribution >= 0.6 is 11.6 Å². The number of benzene rings is 2. The van der Waals surface area contributed by atoms with Gasteiger partial charge in [-0.1, -0.05) is 41.9 Å². The molecule has 0 fully saturated rings. The number of carbonyl (C=O) groups excluding carboxylic acids is 1. The molecule has 0 heterocycles. The van der Waals surface area contributed by atoms with Gasteiger partial charge in [0.05, 0.1) is 6.04 Å². The van der Waals surface area contributed by atoms with E-state index in [1.165, 1.54) is 7.11 Å². The Morgan fingerprint density at radius 1 is 1.14 bits per heavy atom. The van der Waals surface area contributed by atoms with Crippen LogP contribution in [-0.2, 0) is 9.53 Å². The summed E-state index contributed by atoms with van der Waals surface area (Å²) < 4.78 is 5.00. The zero-order valence-corrected chi connectivity index (χ0v) is 12.9. The highest BCUT2D eigenvalue weighted by Crippen LogP contribution is 2.27. The molecule has 1 amide bonds. The molecule has 21 heavy (non-hydrogen) atoms. The summed E-state index contributed by atoms with van der Waals surface area (Å²) in [6.07, 6.45) is 0. The quantitative estimate of drug-likeness (QED) is 0.833. The molecule has 0 saturated heterocycles. The molecule has 0 bridgehead atoms. The highest BCUT2D eigenvalue weighted by Gasteiger charge is 2.22. The van der Waals surface area contributed by atoms with Crippen LogP contribution in [0.4, 0.5) is 5.69 Å². The summed E-state index contributed by atoms with van der Waals surface area (Å²) in [5.41, 5.74) is 1.87. The lowest BCUT2D eigenvalue weighted by Gasteiger charge is -2.29. The minimum Gasteiger partial charge on any atom is -0.375 e. The predicted molar refractivity (Wildman–Crippen MR) is 85.7 cm³/mol. The van der Waals surface area contributed by atoms with E-state index in [1.54, 1.807) is 4.90 Å². The van der Waals surface area contributed by atoms with Crippen LogP contribution in [0.15, 0.2) is 54.6 Å². The van der Waals surface area contributed by atoms with E-state index in [-0.39, 0.29) is 18.6 Å². The lowest BCUT2D eigenvalue weighted by Crippen LogP contribution is -2.36. The molecular weight excluding hydrogens is 286 g/mol. The number of methoxy groups -OCH3 is 1. The summed E-state index contributed by atoms with van der Waals surface area (Å²) >= 11 is 5.92. The monoisotopic (exact) mass is 303 g/mol. The summed E-state index contributed by atoms with van der Waals surface area (Å²) in [7, 11) is 1.52. The Bertz CT molecular complexity index is 583. The molecular formula is C17H18ClNO2. The molecule has 0 radical (unpaired) electrons. The van der Waals surface area contributed by atoms with Crippen LogP contribution < -0.4 is 4.90 Å². The topological polar surface area (TPSA) is 29.5 Å². The molecule has 110 valence electrons. The van der Waals surface area contributed by atoms with Crippen molar-refractivity contribution in [3.63, 3.8) is 0 Å². The van der Waals surface area contributed by atoms with Crippen LogP contribution in [0, 0.1) is 0 Å². The normalized spacial score (nSPS) is 12.0. The van der Waals surface area contributed by atoms with Crippen LogP contribution in [0.5, 0.6) is 0 Å². The molecule has 0 aromatic heterocycles. The van der Waals surface area contributed by atoms with Gasteiger partial charge < -0.3 is 9.64 Å². The first-order chi connectivity index (χ1) is 10.1. The van der Waals surface area contributed by atoms with Gasteiger partial charge in [0.2, 0.25) is 0 Å². The Labute approximate surface area is 130 Å². The second kappa shape index (κ2) is 7.25. The first kappa shape index (κ1) is 15.5.